The van der Waals surface area contributed by atoms with Crippen molar-refractivity contribution in [3.05, 3.63) is 54.1 Å². The molecule has 1 aromatic heterocycles. The average molecular weight is 411 g/mol. The number of thioether (sulfide) groups is 1. The molecule has 2 heterocycles. The van der Waals surface area contributed by atoms with Crippen molar-refractivity contribution in [2.24, 2.45) is 0 Å². The van der Waals surface area contributed by atoms with E-state index in [0.717, 1.165) is 17.0 Å². The minimum atomic E-state index is -0.207. The molecule has 0 N–H and O–H groups in total. The van der Waals surface area contributed by atoms with Gasteiger partial charge in [0, 0.05) is 7.05 Å². The van der Waals surface area contributed by atoms with Crippen molar-refractivity contribution in [1.82, 2.24) is 25.1 Å². The van der Waals surface area contributed by atoms with Crippen molar-refractivity contribution in [3.63, 3.8) is 0 Å². The van der Waals surface area contributed by atoms with E-state index in [1.807, 2.05) is 55.5 Å². The summed E-state index contributed by atoms with van der Waals surface area (Å²) in [7, 11) is 1.76. The number of tetrazole rings is 1. The van der Waals surface area contributed by atoms with E-state index in [4.69, 9.17) is 9.47 Å². The zero-order valence-corrected chi connectivity index (χ0v) is 17.0. The quantitative estimate of drug-likeness (QED) is 0.576. The lowest BCUT2D eigenvalue weighted by Gasteiger charge is -2.29. The number of hydrogen-bond donors (Lipinski definition) is 0. The first-order chi connectivity index (χ1) is 14.1. The second kappa shape index (κ2) is 8.52. The van der Waals surface area contributed by atoms with E-state index in [1.54, 1.807) is 16.6 Å². The first-order valence-corrected chi connectivity index (χ1v) is 10.2. The zero-order chi connectivity index (χ0) is 20.2. The van der Waals surface area contributed by atoms with Crippen molar-refractivity contribution in [2.45, 2.75) is 18.2 Å². The molecule has 29 heavy (non-hydrogen) atoms. The summed E-state index contributed by atoms with van der Waals surface area (Å²) in [6, 6.07) is 15.4. The highest BCUT2D eigenvalue weighted by molar-refractivity contribution is 7.99. The molecule has 0 fully saturated rings. The maximum atomic E-state index is 12.6. The molecule has 0 bridgehead atoms. The molecule has 1 amide bonds. The van der Waals surface area contributed by atoms with Gasteiger partial charge in [0.2, 0.25) is 11.1 Å². The van der Waals surface area contributed by atoms with E-state index >= 15 is 0 Å². The number of para-hydroxylation sites is 3. The normalized spacial score (nSPS) is 15.2. The first-order valence-electron chi connectivity index (χ1n) is 9.21. The topological polar surface area (TPSA) is 82.4 Å². The van der Waals surface area contributed by atoms with Crippen molar-refractivity contribution < 1.29 is 14.3 Å². The highest BCUT2D eigenvalue weighted by Gasteiger charge is 2.24. The van der Waals surface area contributed by atoms with Crippen LogP contribution in [-0.2, 0) is 4.79 Å². The van der Waals surface area contributed by atoms with E-state index in [2.05, 4.69) is 15.5 Å². The number of benzene rings is 2. The van der Waals surface area contributed by atoms with Crippen molar-refractivity contribution in [1.29, 1.82) is 0 Å². The lowest BCUT2D eigenvalue weighted by molar-refractivity contribution is -0.128. The Labute approximate surface area is 172 Å². The molecule has 8 nitrogen and oxygen atoms in total. The summed E-state index contributed by atoms with van der Waals surface area (Å²) < 4.78 is 13.3. The van der Waals surface area contributed by atoms with Gasteiger partial charge in [-0.3, -0.25) is 4.79 Å². The molecule has 9 heteroatoms. The Kier molecular flexibility index (Phi) is 5.66. The van der Waals surface area contributed by atoms with Gasteiger partial charge >= 0.3 is 0 Å². The summed E-state index contributed by atoms with van der Waals surface area (Å²) >= 11 is 1.31. The van der Waals surface area contributed by atoms with Gasteiger partial charge in [-0.05, 0) is 41.1 Å². The number of likely N-dealkylation sites (N-methyl/N-ethyl adjacent to an activating group) is 1. The van der Waals surface area contributed by atoms with E-state index in [1.165, 1.54) is 11.8 Å². The van der Waals surface area contributed by atoms with Crippen LogP contribution in [0.3, 0.4) is 0 Å². The number of nitrogens with zero attached hydrogens (tertiary/aromatic N) is 5. The van der Waals surface area contributed by atoms with Crippen molar-refractivity contribution in [2.75, 3.05) is 26.0 Å². The van der Waals surface area contributed by atoms with Crippen LogP contribution < -0.4 is 9.47 Å². The largest absolute Gasteiger partial charge is 0.486 e. The fraction of sp³-hybridized carbons (Fsp3) is 0.300. The second-order valence-electron chi connectivity index (χ2n) is 6.72. The average Bonchev–Trinajstić information content (AvgIpc) is 3.20. The predicted octanol–water partition coefficient (Wildman–Crippen LogP) is 2.36. The lowest BCUT2D eigenvalue weighted by atomic mass is 10.2. The molecule has 0 spiro atoms. The lowest BCUT2D eigenvalue weighted by Crippen LogP contribution is -2.42. The summed E-state index contributed by atoms with van der Waals surface area (Å²) in [4.78, 5) is 14.3. The minimum Gasteiger partial charge on any atom is -0.486 e. The molecule has 0 unspecified atom stereocenters. The first kappa shape index (κ1) is 19.3. The maximum absolute atomic E-state index is 12.6. The maximum Gasteiger partial charge on any atom is 0.232 e. The summed E-state index contributed by atoms with van der Waals surface area (Å²) in [5.74, 6) is 1.64. The molecule has 4 rings (SSSR count). The Bertz CT molecular complexity index is 1010. The SMILES string of the molecule is Cc1ccccc1-n1nnnc1SCC(=O)N(C)C[C@@H]1COc2ccccc2O1. The molecule has 0 radical (unpaired) electrons. The number of rotatable bonds is 6. The van der Waals surface area contributed by atoms with E-state index in [-0.39, 0.29) is 17.8 Å². The Morgan fingerprint density at radius 2 is 1.97 bits per heavy atom. The van der Waals surface area contributed by atoms with Gasteiger partial charge in [0.05, 0.1) is 18.0 Å². The van der Waals surface area contributed by atoms with Crippen LogP contribution in [0.4, 0.5) is 0 Å². The van der Waals surface area contributed by atoms with Crippen LogP contribution in [-0.4, -0.2) is 63.1 Å². The minimum absolute atomic E-state index is 0.0307. The number of hydrogen-bond acceptors (Lipinski definition) is 7. The van der Waals surface area contributed by atoms with Crippen LogP contribution in [0, 0.1) is 6.92 Å². The molecule has 1 aliphatic heterocycles. The van der Waals surface area contributed by atoms with Crippen LogP contribution >= 0.6 is 11.8 Å². The van der Waals surface area contributed by atoms with E-state index in [0.29, 0.717) is 24.1 Å². The monoisotopic (exact) mass is 411 g/mol. The number of ether oxygens (including phenoxy) is 2. The fourth-order valence-electron chi connectivity index (χ4n) is 3.02. The number of aryl methyl sites for hydroxylation is 1. The summed E-state index contributed by atoms with van der Waals surface area (Å²) in [6.07, 6.45) is -0.207. The van der Waals surface area contributed by atoms with Crippen LogP contribution in [0.5, 0.6) is 11.5 Å². The van der Waals surface area contributed by atoms with E-state index < -0.39 is 0 Å². The standard InChI is InChI=1S/C20H21N5O3S/c1-14-7-3-4-8-16(14)25-20(21-22-23-25)29-13-19(26)24(2)11-15-12-27-17-9-5-6-10-18(17)28-15/h3-10,15H,11-13H2,1-2H3/t15-/m1/s1. The van der Waals surface area contributed by atoms with Gasteiger partial charge in [-0.25, -0.2) is 0 Å². The van der Waals surface area contributed by atoms with Crippen LogP contribution in [0.25, 0.3) is 5.69 Å². The number of carbonyl (C=O) groups excluding carboxylic acids is 1. The fourth-order valence-corrected chi connectivity index (χ4v) is 3.84. The van der Waals surface area contributed by atoms with Crippen LogP contribution in [0.15, 0.2) is 53.7 Å². The van der Waals surface area contributed by atoms with Gasteiger partial charge in [-0.2, -0.15) is 4.68 Å². The molecular formula is C20H21N5O3S. The molecule has 0 saturated heterocycles. The Morgan fingerprint density at radius 3 is 2.79 bits per heavy atom. The number of amides is 1. The van der Waals surface area contributed by atoms with Gasteiger partial charge in [-0.1, -0.05) is 42.1 Å². The number of carbonyl (C=O) groups is 1. The summed E-state index contributed by atoms with van der Waals surface area (Å²) in [6.45, 7) is 2.85. The smallest absolute Gasteiger partial charge is 0.232 e. The highest BCUT2D eigenvalue weighted by atomic mass is 32.2. The Morgan fingerprint density at radius 1 is 1.21 bits per heavy atom. The van der Waals surface area contributed by atoms with Crippen molar-refractivity contribution >= 4 is 17.7 Å². The molecule has 150 valence electrons. The van der Waals surface area contributed by atoms with Gasteiger partial charge in [0.25, 0.3) is 0 Å². The Balaban J connectivity index is 1.34. The molecule has 1 aliphatic rings. The van der Waals surface area contributed by atoms with Crippen molar-refractivity contribution in [3.8, 4) is 17.2 Å². The summed E-state index contributed by atoms with van der Waals surface area (Å²) in [5.41, 5.74) is 1.95. The van der Waals surface area contributed by atoms with Crippen LogP contribution in [0.2, 0.25) is 0 Å². The van der Waals surface area contributed by atoms with Crippen LogP contribution in [0.1, 0.15) is 5.56 Å². The zero-order valence-electron chi connectivity index (χ0n) is 16.2. The second-order valence-corrected chi connectivity index (χ2v) is 7.66. The van der Waals surface area contributed by atoms with Gasteiger partial charge < -0.3 is 14.4 Å². The molecule has 2 aromatic carbocycles. The highest BCUT2D eigenvalue weighted by Crippen LogP contribution is 2.31. The molecule has 0 aliphatic carbocycles. The Hall–Kier alpha value is -3.07. The van der Waals surface area contributed by atoms with Gasteiger partial charge in [0.1, 0.15) is 6.61 Å². The predicted molar refractivity (Wildman–Crippen MR) is 109 cm³/mol. The molecule has 3 aromatic rings. The van der Waals surface area contributed by atoms with E-state index in [9.17, 15) is 4.79 Å². The number of fused-ring (bicyclic) bond motifs is 1. The third kappa shape index (κ3) is 4.34. The third-order valence-electron chi connectivity index (χ3n) is 4.58. The van der Waals surface area contributed by atoms with Gasteiger partial charge in [-0.15, -0.1) is 5.10 Å². The molecular weight excluding hydrogens is 390 g/mol. The third-order valence-corrected chi connectivity index (χ3v) is 5.48. The molecule has 1 atom stereocenters. The summed E-state index contributed by atoms with van der Waals surface area (Å²) in [5, 5.41) is 12.4. The number of aromatic nitrogens is 4. The molecule has 0 saturated carbocycles. The van der Waals surface area contributed by atoms with Gasteiger partial charge in [0.15, 0.2) is 17.6 Å².